The number of benzene rings is 1. The van der Waals surface area contributed by atoms with Crippen LogP contribution >= 0.6 is 0 Å². The van der Waals surface area contributed by atoms with E-state index in [2.05, 4.69) is 15.9 Å². The standard InChI is InChI=1S/C18H25N3O3S/c1-12(2)21-14(4)18(13(3)20-21)25(22,23)19-10-17-9-15-7-5-6-8-16(15)11-24-17/h5-8,12,17,19H,9-11H2,1-4H3/t17-/m1/s1. The Morgan fingerprint density at radius 2 is 1.96 bits per heavy atom. The summed E-state index contributed by atoms with van der Waals surface area (Å²) >= 11 is 0. The molecule has 7 heteroatoms. The van der Waals surface area contributed by atoms with Crippen molar-refractivity contribution in [1.82, 2.24) is 14.5 Å². The monoisotopic (exact) mass is 363 g/mol. The van der Waals surface area contributed by atoms with Crippen molar-refractivity contribution < 1.29 is 13.2 Å². The Balaban J connectivity index is 1.73. The quantitative estimate of drug-likeness (QED) is 0.886. The molecule has 25 heavy (non-hydrogen) atoms. The van der Waals surface area contributed by atoms with Crippen molar-refractivity contribution in [2.75, 3.05) is 6.54 Å². The average Bonchev–Trinajstić information content (AvgIpc) is 2.88. The van der Waals surface area contributed by atoms with Crippen LogP contribution in [0.5, 0.6) is 0 Å². The van der Waals surface area contributed by atoms with E-state index in [0.717, 1.165) is 0 Å². The third-order valence-electron chi connectivity index (χ3n) is 4.56. The first-order valence-corrected chi connectivity index (χ1v) is 10.0. The Morgan fingerprint density at radius 3 is 2.60 bits per heavy atom. The first-order valence-electron chi connectivity index (χ1n) is 8.53. The van der Waals surface area contributed by atoms with Gasteiger partial charge in [-0.3, -0.25) is 4.68 Å². The normalized spacial score (nSPS) is 17.7. The average molecular weight is 363 g/mol. The van der Waals surface area contributed by atoms with Crippen LogP contribution < -0.4 is 4.72 Å². The maximum Gasteiger partial charge on any atom is 0.244 e. The van der Waals surface area contributed by atoms with Gasteiger partial charge in [-0.25, -0.2) is 13.1 Å². The van der Waals surface area contributed by atoms with Crippen molar-refractivity contribution in [3.63, 3.8) is 0 Å². The second-order valence-electron chi connectivity index (χ2n) is 6.80. The molecule has 2 aromatic rings. The molecule has 1 aliphatic rings. The summed E-state index contributed by atoms with van der Waals surface area (Å²) in [4.78, 5) is 0.275. The smallest absolute Gasteiger partial charge is 0.244 e. The molecule has 0 bridgehead atoms. The van der Waals surface area contributed by atoms with E-state index in [1.807, 2.05) is 32.0 Å². The highest BCUT2D eigenvalue weighted by Crippen LogP contribution is 2.23. The molecule has 0 saturated heterocycles. The largest absolute Gasteiger partial charge is 0.372 e. The van der Waals surface area contributed by atoms with Crippen LogP contribution in [0.3, 0.4) is 0 Å². The third kappa shape index (κ3) is 3.63. The van der Waals surface area contributed by atoms with E-state index in [4.69, 9.17) is 4.74 Å². The summed E-state index contributed by atoms with van der Waals surface area (Å²) in [5.74, 6) is 0. The van der Waals surface area contributed by atoms with E-state index >= 15 is 0 Å². The van der Waals surface area contributed by atoms with Crippen molar-refractivity contribution in [3.05, 3.63) is 46.8 Å². The molecule has 1 N–H and O–H groups in total. The zero-order valence-corrected chi connectivity index (χ0v) is 15.9. The van der Waals surface area contributed by atoms with Gasteiger partial charge < -0.3 is 4.74 Å². The molecule has 1 aliphatic heterocycles. The number of fused-ring (bicyclic) bond motifs is 1. The van der Waals surface area contributed by atoms with Crippen LogP contribution in [0.1, 0.15) is 42.4 Å². The Morgan fingerprint density at radius 1 is 1.28 bits per heavy atom. The molecule has 3 rings (SSSR count). The molecule has 6 nitrogen and oxygen atoms in total. The second kappa shape index (κ2) is 6.90. The molecule has 0 radical (unpaired) electrons. The van der Waals surface area contributed by atoms with E-state index in [0.29, 0.717) is 24.4 Å². The molecule has 2 heterocycles. The zero-order chi connectivity index (χ0) is 18.2. The maximum absolute atomic E-state index is 12.8. The SMILES string of the molecule is Cc1nn(C(C)C)c(C)c1S(=O)(=O)NC[C@H]1Cc2ccccc2CO1. The van der Waals surface area contributed by atoms with Gasteiger partial charge in [0.1, 0.15) is 4.90 Å². The molecule has 1 aromatic carbocycles. The van der Waals surface area contributed by atoms with E-state index < -0.39 is 10.0 Å². The van der Waals surface area contributed by atoms with Gasteiger partial charge in [-0.2, -0.15) is 5.10 Å². The number of hydrogen-bond acceptors (Lipinski definition) is 4. The van der Waals surface area contributed by atoms with Gasteiger partial charge in [0.2, 0.25) is 10.0 Å². The molecule has 0 spiro atoms. The molecular weight excluding hydrogens is 338 g/mol. The number of hydrogen-bond donors (Lipinski definition) is 1. The summed E-state index contributed by atoms with van der Waals surface area (Å²) in [6.07, 6.45) is 0.549. The molecule has 136 valence electrons. The lowest BCUT2D eigenvalue weighted by atomic mass is 9.99. The van der Waals surface area contributed by atoms with Crippen LogP contribution in [-0.4, -0.2) is 30.8 Å². The Bertz CT molecular complexity index is 872. The number of ether oxygens (including phenoxy) is 1. The third-order valence-corrected chi connectivity index (χ3v) is 6.23. The Kier molecular flexibility index (Phi) is 4.99. The summed E-state index contributed by atoms with van der Waals surface area (Å²) in [5.41, 5.74) is 3.58. The van der Waals surface area contributed by atoms with Crippen molar-refractivity contribution in [1.29, 1.82) is 0 Å². The summed E-state index contributed by atoms with van der Waals surface area (Å²) in [6.45, 7) is 8.26. The van der Waals surface area contributed by atoms with Crippen LogP contribution in [0.25, 0.3) is 0 Å². The molecule has 0 unspecified atom stereocenters. The van der Waals surface area contributed by atoms with E-state index in [-0.39, 0.29) is 23.6 Å². The van der Waals surface area contributed by atoms with Crippen LogP contribution in [0.2, 0.25) is 0 Å². The second-order valence-corrected chi connectivity index (χ2v) is 8.50. The lowest BCUT2D eigenvalue weighted by molar-refractivity contribution is 0.0322. The lowest BCUT2D eigenvalue weighted by Crippen LogP contribution is -2.37. The number of rotatable bonds is 5. The number of aryl methyl sites for hydroxylation is 1. The highest BCUT2D eigenvalue weighted by molar-refractivity contribution is 7.89. The first kappa shape index (κ1) is 18.1. The van der Waals surface area contributed by atoms with Gasteiger partial charge in [0.25, 0.3) is 0 Å². The summed E-state index contributed by atoms with van der Waals surface area (Å²) in [7, 11) is -3.62. The number of nitrogens with zero attached hydrogens (tertiary/aromatic N) is 2. The number of aromatic nitrogens is 2. The molecule has 0 saturated carbocycles. The van der Waals surface area contributed by atoms with Crippen LogP contribution in [0.4, 0.5) is 0 Å². The molecule has 0 fully saturated rings. The van der Waals surface area contributed by atoms with Crippen LogP contribution in [0, 0.1) is 13.8 Å². The van der Waals surface area contributed by atoms with Gasteiger partial charge in [0.05, 0.1) is 24.1 Å². The summed E-state index contributed by atoms with van der Waals surface area (Å²) < 4.78 is 35.8. The molecule has 0 aliphatic carbocycles. The molecule has 0 amide bonds. The predicted molar refractivity (Wildman–Crippen MR) is 96.0 cm³/mol. The van der Waals surface area contributed by atoms with E-state index in [9.17, 15) is 8.42 Å². The number of nitrogens with one attached hydrogen (secondary N) is 1. The fourth-order valence-electron chi connectivity index (χ4n) is 3.35. The van der Waals surface area contributed by atoms with Crippen molar-refractivity contribution in [2.24, 2.45) is 0 Å². The lowest BCUT2D eigenvalue weighted by Gasteiger charge is -2.25. The van der Waals surface area contributed by atoms with Gasteiger partial charge in [0.15, 0.2) is 0 Å². The molecular formula is C18H25N3O3S. The Hall–Kier alpha value is -1.70. The van der Waals surface area contributed by atoms with Crippen LogP contribution in [0.15, 0.2) is 29.2 Å². The molecule has 1 aromatic heterocycles. The summed E-state index contributed by atoms with van der Waals surface area (Å²) in [6, 6.07) is 8.21. The fourth-order valence-corrected chi connectivity index (χ4v) is 4.82. The van der Waals surface area contributed by atoms with Gasteiger partial charge in [0, 0.05) is 19.0 Å². The van der Waals surface area contributed by atoms with Gasteiger partial charge in [-0.15, -0.1) is 0 Å². The van der Waals surface area contributed by atoms with Crippen molar-refractivity contribution >= 4 is 10.0 Å². The van der Waals surface area contributed by atoms with Gasteiger partial charge in [-0.1, -0.05) is 24.3 Å². The number of sulfonamides is 1. The van der Waals surface area contributed by atoms with Crippen LogP contribution in [-0.2, 0) is 27.8 Å². The van der Waals surface area contributed by atoms with E-state index in [1.165, 1.54) is 11.1 Å². The predicted octanol–water partition coefficient (Wildman–Crippen LogP) is 2.50. The fraction of sp³-hybridized carbons (Fsp3) is 0.500. The van der Waals surface area contributed by atoms with Crippen molar-refractivity contribution in [2.45, 2.75) is 57.8 Å². The topological polar surface area (TPSA) is 73.2 Å². The minimum absolute atomic E-state index is 0.112. The maximum atomic E-state index is 12.8. The minimum Gasteiger partial charge on any atom is -0.372 e. The highest BCUT2D eigenvalue weighted by atomic mass is 32.2. The van der Waals surface area contributed by atoms with E-state index in [1.54, 1.807) is 18.5 Å². The summed E-state index contributed by atoms with van der Waals surface area (Å²) in [5, 5.41) is 4.37. The first-order chi connectivity index (χ1) is 11.8. The highest BCUT2D eigenvalue weighted by Gasteiger charge is 2.27. The minimum atomic E-state index is -3.62. The van der Waals surface area contributed by atoms with Gasteiger partial charge in [-0.05, 0) is 38.8 Å². The molecule has 1 atom stereocenters. The van der Waals surface area contributed by atoms with Gasteiger partial charge >= 0.3 is 0 Å². The zero-order valence-electron chi connectivity index (χ0n) is 15.1. The van der Waals surface area contributed by atoms with Crippen molar-refractivity contribution in [3.8, 4) is 0 Å². The Labute approximate surface area is 149 Å².